The fourth-order valence-corrected chi connectivity index (χ4v) is 1.24. The summed E-state index contributed by atoms with van der Waals surface area (Å²) in [6.07, 6.45) is 4.28. The van der Waals surface area contributed by atoms with Gasteiger partial charge in [-0.3, -0.25) is 0 Å². The summed E-state index contributed by atoms with van der Waals surface area (Å²) in [6.45, 7) is 6.36. The van der Waals surface area contributed by atoms with E-state index in [9.17, 15) is 5.11 Å². The van der Waals surface area contributed by atoms with Gasteiger partial charge in [0.1, 0.15) is 0 Å². The lowest BCUT2D eigenvalue weighted by molar-refractivity contribution is 0.0110. The molecule has 2 nitrogen and oxygen atoms in total. The molecular formula is C11H25NO. The van der Waals surface area contributed by atoms with Crippen LogP contribution in [-0.2, 0) is 0 Å². The number of aliphatic hydroxyl groups is 1. The fraction of sp³-hybridized carbons (Fsp3) is 1.00. The Kier molecular flexibility index (Phi) is 5.57. The van der Waals surface area contributed by atoms with Crippen LogP contribution in [0.15, 0.2) is 0 Å². The summed E-state index contributed by atoms with van der Waals surface area (Å²) in [4.78, 5) is 2.09. The molecule has 0 bridgehead atoms. The number of nitrogens with zero attached hydrogens (tertiary/aromatic N) is 1. The topological polar surface area (TPSA) is 23.5 Å². The van der Waals surface area contributed by atoms with Gasteiger partial charge in [0.25, 0.3) is 0 Å². The minimum Gasteiger partial charge on any atom is -0.391 e. The van der Waals surface area contributed by atoms with Gasteiger partial charge in [0.2, 0.25) is 0 Å². The molecule has 0 aromatic rings. The van der Waals surface area contributed by atoms with Crippen LogP contribution < -0.4 is 0 Å². The lowest BCUT2D eigenvalue weighted by Crippen LogP contribution is -2.48. The zero-order valence-electron chi connectivity index (χ0n) is 9.80. The molecule has 0 amide bonds. The van der Waals surface area contributed by atoms with Gasteiger partial charge in [-0.05, 0) is 34.4 Å². The molecule has 80 valence electrons. The number of rotatable bonds is 6. The normalized spacial score (nSPS) is 15.0. The second-order valence-electron chi connectivity index (χ2n) is 4.56. The Morgan fingerprint density at radius 2 is 1.77 bits per heavy atom. The Bertz CT molecular complexity index is 132. The highest BCUT2D eigenvalue weighted by atomic mass is 16.3. The van der Waals surface area contributed by atoms with Crippen molar-refractivity contribution in [3.8, 4) is 0 Å². The van der Waals surface area contributed by atoms with Crippen LogP contribution >= 0.6 is 0 Å². The molecule has 2 heteroatoms. The van der Waals surface area contributed by atoms with E-state index in [2.05, 4.69) is 25.7 Å². The lowest BCUT2D eigenvalue weighted by atomic mass is 9.92. The van der Waals surface area contributed by atoms with Crippen molar-refractivity contribution in [2.75, 3.05) is 14.1 Å². The highest BCUT2D eigenvalue weighted by Gasteiger charge is 2.29. The first-order valence-corrected chi connectivity index (χ1v) is 5.28. The number of hydrogen-bond acceptors (Lipinski definition) is 2. The van der Waals surface area contributed by atoms with Gasteiger partial charge < -0.3 is 10.0 Å². The molecule has 1 N–H and O–H groups in total. The third kappa shape index (κ3) is 4.10. The van der Waals surface area contributed by atoms with Crippen LogP contribution in [-0.4, -0.2) is 35.7 Å². The van der Waals surface area contributed by atoms with Crippen LogP contribution in [0.4, 0.5) is 0 Å². The molecule has 0 heterocycles. The van der Waals surface area contributed by atoms with Crippen molar-refractivity contribution in [2.24, 2.45) is 0 Å². The summed E-state index contributed by atoms with van der Waals surface area (Å²) >= 11 is 0. The van der Waals surface area contributed by atoms with E-state index in [4.69, 9.17) is 0 Å². The maximum atomic E-state index is 9.93. The van der Waals surface area contributed by atoms with E-state index in [0.717, 1.165) is 12.8 Å². The molecule has 0 aliphatic heterocycles. The highest BCUT2D eigenvalue weighted by Crippen LogP contribution is 2.20. The molecule has 0 aliphatic carbocycles. The molecule has 0 rings (SSSR count). The maximum Gasteiger partial charge on any atom is 0.0718 e. The predicted molar refractivity (Wildman–Crippen MR) is 57.9 cm³/mol. The van der Waals surface area contributed by atoms with Crippen molar-refractivity contribution in [2.45, 2.75) is 58.1 Å². The smallest absolute Gasteiger partial charge is 0.0718 e. The molecular weight excluding hydrogens is 162 g/mol. The second kappa shape index (κ2) is 5.61. The Morgan fingerprint density at radius 1 is 1.23 bits per heavy atom. The van der Waals surface area contributed by atoms with E-state index in [0.29, 0.717) is 0 Å². The first kappa shape index (κ1) is 12.9. The van der Waals surface area contributed by atoms with E-state index < -0.39 is 0 Å². The van der Waals surface area contributed by atoms with E-state index >= 15 is 0 Å². The number of likely N-dealkylation sites (N-methyl/N-ethyl adjacent to an activating group) is 1. The Morgan fingerprint density at radius 3 is 2.15 bits per heavy atom. The zero-order chi connectivity index (χ0) is 10.5. The summed E-state index contributed by atoms with van der Waals surface area (Å²) < 4.78 is 0. The third-order valence-corrected chi connectivity index (χ3v) is 3.05. The van der Waals surface area contributed by atoms with Gasteiger partial charge in [0, 0.05) is 5.54 Å². The summed E-state index contributed by atoms with van der Waals surface area (Å²) in [7, 11) is 4.03. The Hall–Kier alpha value is -0.0800. The monoisotopic (exact) mass is 187 g/mol. The van der Waals surface area contributed by atoms with Crippen molar-refractivity contribution in [3.63, 3.8) is 0 Å². The maximum absolute atomic E-state index is 9.93. The van der Waals surface area contributed by atoms with Crippen molar-refractivity contribution in [1.82, 2.24) is 4.90 Å². The summed E-state index contributed by atoms with van der Waals surface area (Å²) in [5.41, 5.74) is -0.103. The van der Waals surface area contributed by atoms with Gasteiger partial charge in [-0.2, -0.15) is 0 Å². The first-order chi connectivity index (χ1) is 5.92. The largest absolute Gasteiger partial charge is 0.391 e. The summed E-state index contributed by atoms with van der Waals surface area (Å²) in [5.74, 6) is 0. The Balaban J connectivity index is 3.87. The average molecular weight is 187 g/mol. The van der Waals surface area contributed by atoms with E-state index in [1.165, 1.54) is 12.8 Å². The molecule has 0 aromatic carbocycles. The SMILES string of the molecule is CCCCCC(O)C(C)(C)N(C)C. The van der Waals surface area contributed by atoms with Gasteiger partial charge >= 0.3 is 0 Å². The zero-order valence-corrected chi connectivity index (χ0v) is 9.80. The fourth-order valence-electron chi connectivity index (χ4n) is 1.24. The van der Waals surface area contributed by atoms with E-state index in [1.807, 2.05) is 14.1 Å². The quantitative estimate of drug-likeness (QED) is 0.645. The van der Waals surface area contributed by atoms with Crippen molar-refractivity contribution >= 4 is 0 Å². The van der Waals surface area contributed by atoms with Crippen LogP contribution in [0.25, 0.3) is 0 Å². The van der Waals surface area contributed by atoms with Crippen molar-refractivity contribution in [3.05, 3.63) is 0 Å². The molecule has 1 unspecified atom stereocenters. The van der Waals surface area contributed by atoms with Crippen LogP contribution in [0.3, 0.4) is 0 Å². The number of aliphatic hydroxyl groups excluding tert-OH is 1. The van der Waals surface area contributed by atoms with Crippen LogP contribution in [0, 0.1) is 0 Å². The van der Waals surface area contributed by atoms with E-state index in [-0.39, 0.29) is 11.6 Å². The molecule has 0 saturated carbocycles. The minimum atomic E-state index is -0.214. The highest BCUT2D eigenvalue weighted by molar-refractivity contribution is 4.85. The van der Waals surface area contributed by atoms with Gasteiger partial charge in [-0.15, -0.1) is 0 Å². The first-order valence-electron chi connectivity index (χ1n) is 5.28. The van der Waals surface area contributed by atoms with E-state index in [1.54, 1.807) is 0 Å². The molecule has 0 aromatic heterocycles. The van der Waals surface area contributed by atoms with Crippen molar-refractivity contribution < 1.29 is 5.11 Å². The molecule has 0 fully saturated rings. The standard InChI is InChI=1S/C11H25NO/c1-6-7-8-9-10(13)11(2,3)12(4)5/h10,13H,6-9H2,1-5H3. The number of hydrogen-bond donors (Lipinski definition) is 1. The van der Waals surface area contributed by atoms with Crippen molar-refractivity contribution in [1.29, 1.82) is 0 Å². The van der Waals surface area contributed by atoms with Gasteiger partial charge in [-0.25, -0.2) is 0 Å². The van der Waals surface area contributed by atoms with Crippen LogP contribution in [0.5, 0.6) is 0 Å². The predicted octanol–water partition coefficient (Wildman–Crippen LogP) is 2.27. The molecule has 0 saturated heterocycles. The van der Waals surface area contributed by atoms with Gasteiger partial charge in [0.05, 0.1) is 6.10 Å². The second-order valence-corrected chi connectivity index (χ2v) is 4.56. The average Bonchev–Trinajstić information content (AvgIpc) is 2.04. The Labute approximate surface area is 82.9 Å². The molecule has 0 aliphatic rings. The molecule has 0 spiro atoms. The lowest BCUT2D eigenvalue weighted by Gasteiger charge is -2.37. The number of unbranched alkanes of at least 4 members (excludes halogenated alkanes) is 2. The van der Waals surface area contributed by atoms with Gasteiger partial charge in [0.15, 0.2) is 0 Å². The molecule has 1 atom stereocenters. The molecule has 0 radical (unpaired) electrons. The molecule has 13 heavy (non-hydrogen) atoms. The van der Waals surface area contributed by atoms with Crippen LogP contribution in [0.2, 0.25) is 0 Å². The minimum absolute atomic E-state index is 0.103. The summed E-state index contributed by atoms with van der Waals surface area (Å²) in [6, 6.07) is 0. The third-order valence-electron chi connectivity index (χ3n) is 3.05. The van der Waals surface area contributed by atoms with Crippen LogP contribution in [0.1, 0.15) is 46.5 Å². The summed E-state index contributed by atoms with van der Waals surface area (Å²) in [5, 5.41) is 9.93. The van der Waals surface area contributed by atoms with Gasteiger partial charge in [-0.1, -0.05) is 26.2 Å².